The first kappa shape index (κ1) is 10.5. The molecule has 0 aliphatic heterocycles. The number of hydrogen-bond acceptors (Lipinski definition) is 3. The molecule has 0 radical (unpaired) electrons. The van der Waals surface area contributed by atoms with Crippen LogP contribution in [-0.4, -0.2) is 15.7 Å². The van der Waals surface area contributed by atoms with Crippen molar-refractivity contribution in [2.24, 2.45) is 0 Å². The maximum Gasteiger partial charge on any atom is 0.196 e. The first-order valence-electron chi connectivity index (χ1n) is 4.97. The summed E-state index contributed by atoms with van der Waals surface area (Å²) < 4.78 is 2.35. The van der Waals surface area contributed by atoms with E-state index in [2.05, 4.69) is 4.98 Å². The molecule has 0 aliphatic rings. The van der Waals surface area contributed by atoms with Gasteiger partial charge in [0.15, 0.2) is 11.2 Å². The number of nitrogens with zero attached hydrogens (tertiary/aromatic N) is 2. The van der Waals surface area contributed by atoms with Crippen molar-refractivity contribution in [3.05, 3.63) is 46.6 Å². The summed E-state index contributed by atoms with van der Waals surface area (Å²) >= 11 is 7.25. The minimum Gasteiger partial charge on any atom is -0.296 e. The van der Waals surface area contributed by atoms with Crippen molar-refractivity contribution >= 4 is 34.2 Å². The number of imidazole rings is 1. The maximum atomic E-state index is 11.2. The number of benzene rings is 1. The van der Waals surface area contributed by atoms with E-state index >= 15 is 0 Å². The number of aromatic nitrogens is 2. The molecule has 2 heterocycles. The van der Waals surface area contributed by atoms with Crippen LogP contribution < -0.4 is 0 Å². The topological polar surface area (TPSA) is 34.4 Å². The summed E-state index contributed by atoms with van der Waals surface area (Å²) in [5, 5.41) is 0. The van der Waals surface area contributed by atoms with Gasteiger partial charge in [0.2, 0.25) is 0 Å². The summed E-state index contributed by atoms with van der Waals surface area (Å²) in [6.45, 7) is 0. The van der Waals surface area contributed by atoms with Gasteiger partial charge in [0.05, 0.1) is 0 Å². The molecule has 0 saturated heterocycles. The molecule has 17 heavy (non-hydrogen) atoms. The van der Waals surface area contributed by atoms with E-state index in [1.54, 1.807) is 10.6 Å². The van der Waals surface area contributed by atoms with Crippen LogP contribution in [0.1, 0.15) is 10.5 Å². The van der Waals surface area contributed by atoms with E-state index in [1.165, 1.54) is 11.3 Å². The number of aldehydes is 1. The average Bonchev–Trinajstić information content (AvgIpc) is 2.85. The van der Waals surface area contributed by atoms with Crippen molar-refractivity contribution in [2.45, 2.75) is 0 Å². The van der Waals surface area contributed by atoms with Gasteiger partial charge >= 0.3 is 0 Å². The van der Waals surface area contributed by atoms with Crippen LogP contribution in [0.2, 0.25) is 4.34 Å². The normalized spacial score (nSPS) is 10.9. The molecule has 3 nitrogen and oxygen atoms in total. The minimum absolute atomic E-state index is 0.536. The Kier molecular flexibility index (Phi) is 2.46. The van der Waals surface area contributed by atoms with Crippen LogP contribution in [0.5, 0.6) is 0 Å². The summed E-state index contributed by atoms with van der Waals surface area (Å²) in [6, 6.07) is 9.64. The van der Waals surface area contributed by atoms with Gasteiger partial charge in [-0.25, -0.2) is 4.98 Å². The van der Waals surface area contributed by atoms with E-state index < -0.39 is 0 Å². The lowest BCUT2D eigenvalue weighted by atomic mass is 10.1. The first-order valence-corrected chi connectivity index (χ1v) is 6.17. The Balaban J connectivity index is 2.30. The standard InChI is InChI=1S/C12H7ClN2OS/c13-10-6-15-9(7-16)11(14-12(15)17-10)8-4-2-1-3-5-8/h1-7H. The third kappa shape index (κ3) is 1.66. The number of halogens is 1. The summed E-state index contributed by atoms with van der Waals surface area (Å²) in [5.74, 6) is 0. The summed E-state index contributed by atoms with van der Waals surface area (Å²) in [5.41, 5.74) is 2.17. The smallest absolute Gasteiger partial charge is 0.196 e. The van der Waals surface area contributed by atoms with Crippen molar-refractivity contribution in [1.82, 2.24) is 9.38 Å². The molecule has 3 aromatic rings. The number of rotatable bonds is 2. The number of carbonyl (C=O) groups is 1. The van der Waals surface area contributed by atoms with Gasteiger partial charge in [-0.05, 0) is 0 Å². The van der Waals surface area contributed by atoms with E-state index in [-0.39, 0.29) is 0 Å². The number of carbonyl (C=O) groups excluding carboxylic acids is 1. The fourth-order valence-electron chi connectivity index (χ4n) is 1.76. The molecule has 0 fully saturated rings. The predicted molar refractivity (Wildman–Crippen MR) is 68.9 cm³/mol. The summed E-state index contributed by atoms with van der Waals surface area (Å²) in [6.07, 6.45) is 2.52. The highest BCUT2D eigenvalue weighted by molar-refractivity contribution is 7.20. The van der Waals surface area contributed by atoms with Gasteiger partial charge in [-0.2, -0.15) is 0 Å². The van der Waals surface area contributed by atoms with Crippen LogP contribution in [0.4, 0.5) is 0 Å². The van der Waals surface area contributed by atoms with Crippen LogP contribution in [0, 0.1) is 0 Å². The number of hydrogen-bond donors (Lipinski definition) is 0. The Labute approximate surface area is 106 Å². The fraction of sp³-hybridized carbons (Fsp3) is 0. The molecular weight excluding hydrogens is 256 g/mol. The van der Waals surface area contributed by atoms with Gasteiger partial charge in [-0.1, -0.05) is 53.3 Å². The molecule has 0 amide bonds. The second-order valence-corrected chi connectivity index (χ2v) is 5.16. The van der Waals surface area contributed by atoms with Crippen LogP contribution in [0.25, 0.3) is 16.2 Å². The van der Waals surface area contributed by atoms with Gasteiger partial charge in [0, 0.05) is 11.8 Å². The lowest BCUT2D eigenvalue weighted by Gasteiger charge is -1.96. The summed E-state index contributed by atoms with van der Waals surface area (Å²) in [7, 11) is 0. The number of fused-ring (bicyclic) bond motifs is 1. The molecule has 0 saturated carbocycles. The molecule has 84 valence electrons. The lowest BCUT2D eigenvalue weighted by Crippen LogP contribution is -1.89. The van der Waals surface area contributed by atoms with Gasteiger partial charge < -0.3 is 0 Å². The fourth-order valence-corrected chi connectivity index (χ4v) is 2.78. The number of thiazole rings is 1. The Morgan fingerprint density at radius 3 is 2.76 bits per heavy atom. The second kappa shape index (κ2) is 3.98. The van der Waals surface area contributed by atoms with E-state index in [9.17, 15) is 4.79 Å². The van der Waals surface area contributed by atoms with Crippen molar-refractivity contribution in [3.8, 4) is 11.3 Å². The van der Waals surface area contributed by atoms with Crippen LogP contribution in [-0.2, 0) is 0 Å². The van der Waals surface area contributed by atoms with E-state index in [0.717, 1.165) is 16.8 Å². The zero-order valence-corrected chi connectivity index (χ0v) is 10.2. The van der Waals surface area contributed by atoms with Gasteiger partial charge in [-0.3, -0.25) is 9.20 Å². The van der Waals surface area contributed by atoms with E-state index in [0.29, 0.717) is 15.7 Å². The van der Waals surface area contributed by atoms with Crippen molar-refractivity contribution in [1.29, 1.82) is 0 Å². The van der Waals surface area contributed by atoms with Crippen LogP contribution in [0.3, 0.4) is 0 Å². The lowest BCUT2D eigenvalue weighted by molar-refractivity contribution is 0.111. The third-order valence-electron chi connectivity index (χ3n) is 2.49. The highest BCUT2D eigenvalue weighted by Gasteiger charge is 2.15. The monoisotopic (exact) mass is 262 g/mol. The first-order chi connectivity index (χ1) is 8.29. The zero-order valence-electron chi connectivity index (χ0n) is 8.63. The van der Waals surface area contributed by atoms with Crippen LogP contribution in [0.15, 0.2) is 36.5 Å². The second-order valence-electron chi connectivity index (χ2n) is 3.52. The highest BCUT2D eigenvalue weighted by atomic mass is 35.5. The quantitative estimate of drug-likeness (QED) is 0.662. The molecule has 1 aromatic carbocycles. The van der Waals surface area contributed by atoms with Crippen LogP contribution >= 0.6 is 22.9 Å². The molecule has 0 aliphatic carbocycles. The van der Waals surface area contributed by atoms with E-state index in [4.69, 9.17) is 11.6 Å². The van der Waals surface area contributed by atoms with Crippen molar-refractivity contribution in [3.63, 3.8) is 0 Å². The molecule has 0 spiro atoms. The molecule has 3 rings (SSSR count). The Morgan fingerprint density at radius 1 is 1.29 bits per heavy atom. The molecule has 0 N–H and O–H groups in total. The Hall–Kier alpha value is -1.65. The molecule has 2 aromatic heterocycles. The molecule has 0 atom stereocenters. The molecule has 5 heteroatoms. The SMILES string of the molecule is O=Cc1c(-c2ccccc2)nc2sc(Cl)cn12. The van der Waals surface area contributed by atoms with Crippen molar-refractivity contribution < 1.29 is 4.79 Å². The largest absolute Gasteiger partial charge is 0.296 e. The molecular formula is C12H7ClN2OS. The minimum atomic E-state index is 0.536. The van der Waals surface area contributed by atoms with E-state index in [1.807, 2.05) is 30.3 Å². The Morgan fingerprint density at radius 2 is 2.06 bits per heavy atom. The van der Waals surface area contributed by atoms with Gasteiger partial charge in [-0.15, -0.1) is 0 Å². The Bertz CT molecular complexity index is 687. The predicted octanol–water partition coefficient (Wildman–Crippen LogP) is 3.53. The third-order valence-corrected chi connectivity index (χ3v) is 3.59. The zero-order chi connectivity index (χ0) is 11.8. The van der Waals surface area contributed by atoms with Gasteiger partial charge in [0.25, 0.3) is 0 Å². The summed E-state index contributed by atoms with van der Waals surface area (Å²) in [4.78, 5) is 16.4. The van der Waals surface area contributed by atoms with Crippen molar-refractivity contribution in [2.75, 3.05) is 0 Å². The molecule has 0 unspecified atom stereocenters. The highest BCUT2D eigenvalue weighted by Crippen LogP contribution is 2.29. The molecule has 0 bridgehead atoms. The maximum absolute atomic E-state index is 11.2. The van der Waals surface area contributed by atoms with Gasteiger partial charge in [0.1, 0.15) is 15.7 Å². The average molecular weight is 263 g/mol.